The van der Waals surface area contributed by atoms with Crippen LogP contribution in [0.1, 0.15) is 26.5 Å². The Labute approximate surface area is 198 Å². The number of aromatic nitrogens is 2. The highest BCUT2D eigenvalue weighted by Crippen LogP contribution is 2.32. The summed E-state index contributed by atoms with van der Waals surface area (Å²) < 4.78 is 27.5. The first-order valence-corrected chi connectivity index (χ1v) is 11.4. The Morgan fingerprint density at radius 3 is 2.53 bits per heavy atom. The summed E-state index contributed by atoms with van der Waals surface area (Å²) in [4.78, 5) is 23.4. The number of rotatable bonds is 5. The molecule has 0 radical (unpaired) electrons. The molecule has 2 aromatic heterocycles. The topological polar surface area (TPSA) is 68.9 Å². The maximum atomic E-state index is 13.9. The number of benzene rings is 3. The summed E-state index contributed by atoms with van der Waals surface area (Å²) in [6.07, 6.45) is 0.593. The number of thiophene rings is 1. The molecule has 0 spiro atoms. The SMILES string of the molecule is Cc1cc(-c2ccc(Cc3cccc4nc(C(N)=O)c(-c5cccc(F)c5)nc34)s2)ccc1F. The summed E-state index contributed by atoms with van der Waals surface area (Å²) in [5, 5.41) is 0. The fourth-order valence-electron chi connectivity index (χ4n) is 3.90. The van der Waals surface area contributed by atoms with Crippen molar-refractivity contribution in [1.29, 1.82) is 0 Å². The molecule has 1 amide bonds. The van der Waals surface area contributed by atoms with E-state index in [-0.39, 0.29) is 17.2 Å². The average Bonchev–Trinajstić information content (AvgIpc) is 3.29. The van der Waals surface area contributed by atoms with E-state index in [1.165, 1.54) is 18.2 Å². The predicted octanol–water partition coefficient (Wildman–Crippen LogP) is 6.30. The van der Waals surface area contributed by atoms with Gasteiger partial charge in [-0.1, -0.05) is 30.3 Å². The van der Waals surface area contributed by atoms with Crippen molar-refractivity contribution < 1.29 is 13.6 Å². The lowest BCUT2D eigenvalue weighted by atomic mass is 10.1. The molecule has 168 valence electrons. The minimum Gasteiger partial charge on any atom is -0.364 e. The fourth-order valence-corrected chi connectivity index (χ4v) is 4.93. The van der Waals surface area contributed by atoms with E-state index in [0.717, 1.165) is 20.9 Å². The Bertz CT molecular complexity index is 1560. The molecule has 0 aliphatic heterocycles. The molecule has 0 saturated heterocycles. The van der Waals surface area contributed by atoms with Gasteiger partial charge in [0.25, 0.3) is 5.91 Å². The Morgan fingerprint density at radius 2 is 1.76 bits per heavy atom. The van der Waals surface area contributed by atoms with Gasteiger partial charge in [0, 0.05) is 21.7 Å². The van der Waals surface area contributed by atoms with Crippen LogP contribution in [-0.2, 0) is 6.42 Å². The van der Waals surface area contributed by atoms with Crippen LogP contribution >= 0.6 is 11.3 Å². The number of carbonyl (C=O) groups is 1. The average molecular weight is 472 g/mol. The number of halogens is 2. The van der Waals surface area contributed by atoms with Gasteiger partial charge in [0.05, 0.1) is 11.0 Å². The van der Waals surface area contributed by atoms with Gasteiger partial charge in [0.15, 0.2) is 5.69 Å². The van der Waals surface area contributed by atoms with E-state index in [2.05, 4.69) is 4.98 Å². The van der Waals surface area contributed by atoms with E-state index in [0.29, 0.717) is 28.6 Å². The van der Waals surface area contributed by atoms with Gasteiger partial charge in [0.2, 0.25) is 0 Å². The fraction of sp³-hybridized carbons (Fsp3) is 0.0741. The van der Waals surface area contributed by atoms with Gasteiger partial charge in [-0.3, -0.25) is 4.79 Å². The normalized spacial score (nSPS) is 11.1. The van der Waals surface area contributed by atoms with Crippen LogP contribution in [0.4, 0.5) is 8.78 Å². The second-order valence-corrected chi connectivity index (χ2v) is 9.16. The summed E-state index contributed by atoms with van der Waals surface area (Å²) in [5.74, 6) is -1.39. The highest BCUT2D eigenvalue weighted by atomic mass is 32.1. The lowest BCUT2D eigenvalue weighted by Gasteiger charge is -2.10. The molecule has 5 rings (SSSR count). The molecule has 0 aliphatic carbocycles. The minimum atomic E-state index is -0.725. The molecule has 0 atom stereocenters. The monoisotopic (exact) mass is 471 g/mol. The third-order valence-electron chi connectivity index (χ3n) is 5.58. The zero-order valence-corrected chi connectivity index (χ0v) is 19.0. The molecular weight excluding hydrogens is 452 g/mol. The number of aryl methyl sites for hydroxylation is 1. The molecular formula is C27H19F2N3OS. The van der Waals surface area contributed by atoms with Gasteiger partial charge >= 0.3 is 0 Å². The van der Waals surface area contributed by atoms with Crippen molar-refractivity contribution in [3.63, 3.8) is 0 Å². The molecule has 3 aromatic carbocycles. The number of hydrogen-bond acceptors (Lipinski definition) is 4. The molecule has 5 aromatic rings. The van der Waals surface area contributed by atoms with Crippen molar-refractivity contribution in [2.24, 2.45) is 5.73 Å². The maximum absolute atomic E-state index is 13.9. The van der Waals surface area contributed by atoms with E-state index in [9.17, 15) is 13.6 Å². The highest BCUT2D eigenvalue weighted by molar-refractivity contribution is 7.15. The van der Waals surface area contributed by atoms with Crippen LogP contribution in [0.15, 0.2) is 72.8 Å². The first-order valence-electron chi connectivity index (χ1n) is 10.6. The molecule has 7 heteroatoms. The number of nitrogens with two attached hydrogens (primary N) is 1. The number of fused-ring (bicyclic) bond motifs is 1. The molecule has 2 heterocycles. The predicted molar refractivity (Wildman–Crippen MR) is 131 cm³/mol. The van der Waals surface area contributed by atoms with Gasteiger partial charge in [0.1, 0.15) is 17.3 Å². The van der Waals surface area contributed by atoms with Crippen LogP contribution in [0.2, 0.25) is 0 Å². The van der Waals surface area contributed by atoms with Crippen LogP contribution in [0.25, 0.3) is 32.7 Å². The zero-order valence-electron chi connectivity index (χ0n) is 18.2. The van der Waals surface area contributed by atoms with Crippen LogP contribution in [-0.4, -0.2) is 15.9 Å². The standard InChI is InChI=1S/C27H19F2N3OS/c1-15-12-16(8-10-21(15)29)23-11-9-20(34-23)14-18-5-3-7-22-24(18)32-25(26(31-22)27(30)33)17-4-2-6-19(28)13-17/h2-13H,14H2,1H3,(H2,30,33). The second kappa shape index (κ2) is 8.76. The highest BCUT2D eigenvalue weighted by Gasteiger charge is 2.18. The Balaban J connectivity index is 1.57. The molecule has 4 nitrogen and oxygen atoms in total. The summed E-state index contributed by atoms with van der Waals surface area (Å²) in [6.45, 7) is 1.75. The molecule has 0 bridgehead atoms. The zero-order chi connectivity index (χ0) is 23.8. The van der Waals surface area contributed by atoms with Crippen LogP contribution < -0.4 is 5.73 Å². The van der Waals surface area contributed by atoms with E-state index in [4.69, 9.17) is 10.7 Å². The lowest BCUT2D eigenvalue weighted by molar-refractivity contribution is 0.0996. The van der Waals surface area contributed by atoms with Crippen LogP contribution in [0.3, 0.4) is 0 Å². The van der Waals surface area contributed by atoms with Crippen molar-refractivity contribution in [2.45, 2.75) is 13.3 Å². The Kier molecular flexibility index (Phi) is 5.63. The number of para-hydroxylation sites is 1. The van der Waals surface area contributed by atoms with Crippen molar-refractivity contribution in [3.05, 3.63) is 106 Å². The second-order valence-electron chi connectivity index (χ2n) is 7.99. The van der Waals surface area contributed by atoms with Crippen LogP contribution in [0.5, 0.6) is 0 Å². The summed E-state index contributed by atoms with van der Waals surface area (Å²) >= 11 is 1.62. The van der Waals surface area contributed by atoms with Gasteiger partial charge in [-0.2, -0.15) is 0 Å². The Morgan fingerprint density at radius 1 is 0.941 bits per heavy atom. The third-order valence-corrected chi connectivity index (χ3v) is 6.71. The van der Waals surface area contributed by atoms with Gasteiger partial charge in [-0.15, -0.1) is 11.3 Å². The van der Waals surface area contributed by atoms with E-state index in [1.807, 2.05) is 30.3 Å². The van der Waals surface area contributed by atoms with Gasteiger partial charge in [-0.05, 0) is 66.1 Å². The van der Waals surface area contributed by atoms with E-state index in [1.54, 1.807) is 42.5 Å². The van der Waals surface area contributed by atoms with Crippen molar-refractivity contribution in [2.75, 3.05) is 0 Å². The molecule has 0 fully saturated rings. The number of hydrogen-bond donors (Lipinski definition) is 1. The third kappa shape index (κ3) is 4.18. The quantitative estimate of drug-likeness (QED) is 0.327. The number of amides is 1. The molecule has 0 aliphatic rings. The number of nitrogens with zero attached hydrogens (tertiary/aromatic N) is 2. The summed E-state index contributed by atoms with van der Waals surface area (Å²) in [6, 6.07) is 20.6. The maximum Gasteiger partial charge on any atom is 0.269 e. The number of primary amides is 1. The Hall–Kier alpha value is -3.97. The molecule has 0 saturated carbocycles. The minimum absolute atomic E-state index is 0.000314. The smallest absolute Gasteiger partial charge is 0.269 e. The van der Waals surface area contributed by atoms with E-state index < -0.39 is 11.7 Å². The van der Waals surface area contributed by atoms with Gasteiger partial charge < -0.3 is 5.73 Å². The molecule has 0 unspecified atom stereocenters. The van der Waals surface area contributed by atoms with Crippen molar-refractivity contribution in [1.82, 2.24) is 9.97 Å². The van der Waals surface area contributed by atoms with Gasteiger partial charge in [-0.25, -0.2) is 18.7 Å². The first kappa shape index (κ1) is 21.9. The van der Waals surface area contributed by atoms with Crippen molar-refractivity contribution in [3.8, 4) is 21.7 Å². The molecule has 2 N–H and O–H groups in total. The van der Waals surface area contributed by atoms with E-state index >= 15 is 0 Å². The summed E-state index contributed by atoms with van der Waals surface area (Å²) in [5.41, 5.74) is 9.90. The summed E-state index contributed by atoms with van der Waals surface area (Å²) in [7, 11) is 0. The molecule has 34 heavy (non-hydrogen) atoms. The van der Waals surface area contributed by atoms with Crippen molar-refractivity contribution >= 4 is 28.3 Å². The number of carbonyl (C=O) groups excluding carboxylic acids is 1. The first-order chi connectivity index (χ1) is 16.4. The largest absolute Gasteiger partial charge is 0.364 e. The van der Waals surface area contributed by atoms with Crippen LogP contribution in [0, 0.1) is 18.6 Å². The lowest BCUT2D eigenvalue weighted by Crippen LogP contribution is -2.16.